The van der Waals surface area contributed by atoms with E-state index in [4.69, 9.17) is 9.72 Å². The lowest BCUT2D eigenvalue weighted by atomic mass is 9.86. The number of pyridine rings is 2. The smallest absolute Gasteiger partial charge is 0.281 e. The van der Waals surface area contributed by atoms with Crippen molar-refractivity contribution in [1.82, 2.24) is 14.7 Å². The molecule has 0 saturated carbocycles. The van der Waals surface area contributed by atoms with E-state index in [0.717, 1.165) is 53.6 Å². The molecule has 0 aliphatic heterocycles. The topological polar surface area (TPSA) is 98.2 Å². The van der Waals surface area contributed by atoms with E-state index in [0.29, 0.717) is 17.4 Å². The molecule has 4 rings (SSSR count). The van der Waals surface area contributed by atoms with Crippen LogP contribution in [0, 0.1) is 33.6 Å². The van der Waals surface area contributed by atoms with Gasteiger partial charge in [0.05, 0.1) is 5.69 Å². The van der Waals surface area contributed by atoms with Crippen molar-refractivity contribution in [3.63, 3.8) is 0 Å². The van der Waals surface area contributed by atoms with Crippen LogP contribution in [0.3, 0.4) is 0 Å². The van der Waals surface area contributed by atoms with Gasteiger partial charge in [0.15, 0.2) is 5.03 Å². The Balaban J connectivity index is 0.00000267. The molecule has 198 valence electrons. The first-order valence-electron chi connectivity index (χ1n) is 12.5. The van der Waals surface area contributed by atoms with Crippen LogP contribution in [-0.4, -0.2) is 24.3 Å². The minimum absolute atomic E-state index is 0. The normalized spacial score (nSPS) is 15.7. The van der Waals surface area contributed by atoms with E-state index >= 15 is 0 Å². The van der Waals surface area contributed by atoms with Crippen LogP contribution < -0.4 is 9.46 Å². The number of rotatable bonds is 7. The molecule has 0 saturated heterocycles. The van der Waals surface area contributed by atoms with Crippen LogP contribution in [0.2, 0.25) is 0 Å². The number of amides is 1. The number of aromatic nitrogens is 2. The van der Waals surface area contributed by atoms with Crippen LogP contribution in [0.1, 0.15) is 73.9 Å². The van der Waals surface area contributed by atoms with Gasteiger partial charge in [-0.3, -0.25) is 4.79 Å². The third-order valence-corrected chi connectivity index (χ3v) is 7.93. The average Bonchev–Trinajstić information content (AvgIpc) is 2.86. The number of aryl methyl sites for hydroxylation is 4. The molecule has 0 spiro atoms. The highest BCUT2D eigenvalue weighted by Crippen LogP contribution is 2.35. The lowest BCUT2D eigenvalue weighted by Gasteiger charge is -2.21. The van der Waals surface area contributed by atoms with Gasteiger partial charge in [0.25, 0.3) is 15.9 Å². The number of carbonyl (C=O) groups excluding carboxylic acids is 1. The number of sulfonamides is 1. The van der Waals surface area contributed by atoms with Gasteiger partial charge in [-0.1, -0.05) is 43.2 Å². The molecule has 1 aromatic carbocycles. The predicted octanol–water partition coefficient (Wildman–Crippen LogP) is 6.71. The molecular formula is C29H37N3O4S. The summed E-state index contributed by atoms with van der Waals surface area (Å²) >= 11 is 0. The average molecular weight is 524 g/mol. The maximum Gasteiger partial charge on any atom is 0.281 e. The predicted molar refractivity (Wildman–Crippen MR) is 148 cm³/mol. The molecule has 1 unspecified atom stereocenters. The molecule has 2 aromatic heterocycles. The highest BCUT2D eigenvalue weighted by atomic mass is 32.2. The zero-order chi connectivity index (χ0) is 26.7. The third-order valence-electron chi connectivity index (χ3n) is 6.70. The second kappa shape index (κ2) is 10.8. The molecule has 1 atom stereocenters. The molecule has 8 heteroatoms. The van der Waals surface area contributed by atoms with Crippen LogP contribution in [-0.2, 0) is 10.0 Å². The number of carbonyl (C=O) groups is 1. The van der Waals surface area contributed by atoms with Gasteiger partial charge in [-0.2, -0.15) is 8.42 Å². The monoisotopic (exact) mass is 523 g/mol. The van der Waals surface area contributed by atoms with Crippen LogP contribution >= 0.6 is 0 Å². The van der Waals surface area contributed by atoms with E-state index in [2.05, 4.69) is 22.7 Å². The molecule has 0 radical (unpaired) electrons. The molecule has 1 aliphatic rings. The Hall–Kier alpha value is -3.52. The Kier molecular flexibility index (Phi) is 7.78. The zero-order valence-electron chi connectivity index (χ0n) is 22.0. The molecule has 2 heterocycles. The van der Waals surface area contributed by atoms with Crippen molar-refractivity contribution in [2.75, 3.05) is 0 Å². The number of hydrogen-bond acceptors (Lipinski definition) is 6. The molecule has 1 N–H and O–H groups in total. The van der Waals surface area contributed by atoms with Crippen LogP contribution in [0.4, 0.5) is 0 Å². The highest BCUT2D eigenvalue weighted by molar-refractivity contribution is 7.90. The van der Waals surface area contributed by atoms with E-state index in [-0.39, 0.29) is 19.3 Å². The van der Waals surface area contributed by atoms with Gasteiger partial charge in [0.2, 0.25) is 5.88 Å². The Bertz CT molecular complexity index is 1470. The second-order valence-corrected chi connectivity index (χ2v) is 11.3. The lowest BCUT2D eigenvalue weighted by molar-refractivity contribution is 0.0978. The summed E-state index contributed by atoms with van der Waals surface area (Å²) in [6.07, 6.45) is 6.32. The molecule has 3 aromatic rings. The van der Waals surface area contributed by atoms with E-state index < -0.39 is 15.9 Å². The number of hydrogen-bond donors (Lipinski definition) is 1. The van der Waals surface area contributed by atoms with Crippen molar-refractivity contribution in [3.05, 3.63) is 82.2 Å². The van der Waals surface area contributed by atoms with E-state index in [9.17, 15) is 13.2 Å². The molecular weight excluding hydrogens is 486 g/mol. The van der Waals surface area contributed by atoms with Gasteiger partial charge in [0.1, 0.15) is 11.3 Å². The summed E-state index contributed by atoms with van der Waals surface area (Å²) in [7, 11) is -4.19. The summed E-state index contributed by atoms with van der Waals surface area (Å²) < 4.78 is 34.2. The van der Waals surface area contributed by atoms with Crippen LogP contribution in [0.15, 0.2) is 53.6 Å². The van der Waals surface area contributed by atoms with Crippen molar-refractivity contribution in [2.45, 2.75) is 65.3 Å². The molecule has 1 aliphatic carbocycles. The van der Waals surface area contributed by atoms with Crippen molar-refractivity contribution in [3.8, 4) is 11.6 Å². The van der Waals surface area contributed by atoms with Gasteiger partial charge in [-0.05, 0) is 93.8 Å². The van der Waals surface area contributed by atoms with E-state index in [1.807, 2.05) is 32.9 Å². The number of benzene rings is 1. The maximum absolute atomic E-state index is 13.3. The Labute approximate surface area is 222 Å². The molecule has 1 amide bonds. The summed E-state index contributed by atoms with van der Waals surface area (Å²) in [4.78, 5) is 22.0. The lowest BCUT2D eigenvalue weighted by Crippen LogP contribution is -2.31. The van der Waals surface area contributed by atoms with Gasteiger partial charge in [-0.25, -0.2) is 14.7 Å². The quantitative estimate of drug-likeness (QED) is 0.370. The van der Waals surface area contributed by atoms with Crippen molar-refractivity contribution in [1.29, 1.82) is 0 Å². The van der Waals surface area contributed by atoms with Gasteiger partial charge >= 0.3 is 0 Å². The Morgan fingerprint density at radius 1 is 1.08 bits per heavy atom. The first-order valence-corrected chi connectivity index (χ1v) is 14.0. The SMILES string of the molecule is CCC1CC=C(c2ccc(C(=O)NS(=O)(=O)c3cccc(C)n3)c(Oc3c(C)cc(C)cc3C)n2)CC1.[HH].[HH]. The number of ether oxygens (including phenoxy) is 1. The van der Waals surface area contributed by atoms with Gasteiger partial charge in [-0.15, -0.1) is 0 Å². The first kappa shape index (κ1) is 26.5. The van der Waals surface area contributed by atoms with Crippen molar-refractivity contribution < 1.29 is 20.8 Å². The largest absolute Gasteiger partial charge is 0.438 e. The summed E-state index contributed by atoms with van der Waals surface area (Å²) in [5.74, 6) is 0.499. The Morgan fingerprint density at radius 3 is 2.43 bits per heavy atom. The molecule has 0 bridgehead atoms. The van der Waals surface area contributed by atoms with Crippen molar-refractivity contribution >= 4 is 21.5 Å². The minimum Gasteiger partial charge on any atom is -0.438 e. The van der Waals surface area contributed by atoms with Crippen LogP contribution in [0.25, 0.3) is 5.57 Å². The number of allylic oxidation sites excluding steroid dienone is 2. The highest BCUT2D eigenvalue weighted by Gasteiger charge is 2.25. The summed E-state index contributed by atoms with van der Waals surface area (Å²) in [6.45, 7) is 9.76. The summed E-state index contributed by atoms with van der Waals surface area (Å²) in [6, 6.07) is 11.9. The standard InChI is InChI=1S/C29H33N3O4S.2H2/c1-6-22-10-12-23(13-11-22)25-15-14-24(28(33)32-37(34,35)26-9-7-8-21(5)30-26)29(31-25)36-27-19(3)16-18(2)17-20(27)4;;/h7-9,12,14-17,22H,6,10-11,13H2,1-5H3,(H,32,33);2*1H. The van der Waals surface area contributed by atoms with Gasteiger partial charge < -0.3 is 4.74 Å². The summed E-state index contributed by atoms with van der Waals surface area (Å²) in [5, 5.41) is -0.226. The fourth-order valence-electron chi connectivity index (χ4n) is 4.68. The summed E-state index contributed by atoms with van der Waals surface area (Å²) in [5.41, 5.74) is 5.29. The fourth-order valence-corrected chi connectivity index (χ4v) is 5.66. The van der Waals surface area contributed by atoms with Crippen LogP contribution in [0.5, 0.6) is 11.6 Å². The number of nitrogens with zero attached hydrogens (tertiary/aromatic N) is 2. The fraction of sp³-hybridized carbons (Fsp3) is 0.345. The molecule has 7 nitrogen and oxygen atoms in total. The zero-order valence-corrected chi connectivity index (χ0v) is 22.8. The first-order chi connectivity index (χ1) is 17.6. The van der Waals surface area contributed by atoms with E-state index in [1.54, 1.807) is 31.2 Å². The minimum atomic E-state index is -4.19. The Morgan fingerprint density at radius 2 is 1.81 bits per heavy atom. The molecule has 37 heavy (non-hydrogen) atoms. The second-order valence-electron chi connectivity index (χ2n) is 9.71. The van der Waals surface area contributed by atoms with Gasteiger partial charge in [0, 0.05) is 8.55 Å². The van der Waals surface area contributed by atoms with E-state index in [1.165, 1.54) is 6.07 Å². The molecule has 0 fully saturated rings. The third kappa shape index (κ3) is 6.07. The van der Waals surface area contributed by atoms with Crippen molar-refractivity contribution in [2.24, 2.45) is 5.92 Å². The number of nitrogens with one attached hydrogen (secondary N) is 1. The maximum atomic E-state index is 13.3.